The van der Waals surface area contributed by atoms with Crippen LogP contribution >= 0.6 is 24.2 Å². The lowest BCUT2D eigenvalue weighted by Gasteiger charge is -2.22. The zero-order valence-electron chi connectivity index (χ0n) is 12.6. The van der Waals surface area contributed by atoms with Crippen LogP contribution in [0, 0.1) is 0 Å². The number of carbonyl (C=O) groups is 1. The third kappa shape index (κ3) is 6.70. The molecule has 2 N–H and O–H groups in total. The number of nitrogens with zero attached hydrogens (tertiary/aromatic N) is 2. The first kappa shape index (κ1) is 18.3. The van der Waals surface area contributed by atoms with Gasteiger partial charge in [0.25, 0.3) is 0 Å². The molecular weight excluding hydrogens is 308 g/mol. The summed E-state index contributed by atoms with van der Waals surface area (Å²) >= 11 is 1.41. The van der Waals surface area contributed by atoms with E-state index in [4.69, 9.17) is 0 Å². The third-order valence-electron chi connectivity index (χ3n) is 3.58. The van der Waals surface area contributed by atoms with Crippen molar-refractivity contribution in [3.05, 3.63) is 5.82 Å². The summed E-state index contributed by atoms with van der Waals surface area (Å²) in [7, 11) is 0. The van der Waals surface area contributed by atoms with Crippen molar-refractivity contribution >= 4 is 30.1 Å². The molecule has 1 heterocycles. The molecule has 1 fully saturated rings. The van der Waals surface area contributed by atoms with Crippen LogP contribution in [-0.4, -0.2) is 32.9 Å². The minimum Gasteiger partial charge on any atom is -0.353 e. The largest absolute Gasteiger partial charge is 0.353 e. The zero-order chi connectivity index (χ0) is 14.2. The molecule has 2 rings (SSSR count). The van der Waals surface area contributed by atoms with Gasteiger partial charge in [0.1, 0.15) is 5.82 Å². The number of amides is 1. The summed E-state index contributed by atoms with van der Waals surface area (Å²) in [5.74, 6) is 1.42. The summed E-state index contributed by atoms with van der Waals surface area (Å²) in [4.78, 5) is 16.2. The van der Waals surface area contributed by atoms with Crippen LogP contribution in [0.5, 0.6) is 0 Å². The van der Waals surface area contributed by atoms with Gasteiger partial charge in [0.05, 0.1) is 5.75 Å². The molecule has 7 heteroatoms. The minimum atomic E-state index is 0. The second-order valence-corrected chi connectivity index (χ2v) is 6.30. The van der Waals surface area contributed by atoms with Gasteiger partial charge in [-0.2, -0.15) is 0 Å². The number of unbranched alkanes of at least 4 members (excludes halogenated alkanes) is 1. The summed E-state index contributed by atoms with van der Waals surface area (Å²) in [5.41, 5.74) is 0. The van der Waals surface area contributed by atoms with Crippen LogP contribution in [0.4, 0.5) is 0 Å². The first-order valence-corrected chi connectivity index (χ1v) is 8.60. The van der Waals surface area contributed by atoms with Crippen molar-refractivity contribution in [3.8, 4) is 0 Å². The summed E-state index contributed by atoms with van der Waals surface area (Å²) in [6, 6.07) is 0.379. The fraction of sp³-hybridized carbons (Fsp3) is 0.786. The number of carbonyl (C=O) groups excluding carboxylic acids is 1. The van der Waals surface area contributed by atoms with E-state index in [1.54, 1.807) is 0 Å². The van der Waals surface area contributed by atoms with E-state index in [1.165, 1.54) is 31.0 Å². The van der Waals surface area contributed by atoms with E-state index in [9.17, 15) is 4.79 Å². The Kier molecular flexibility index (Phi) is 8.76. The van der Waals surface area contributed by atoms with Crippen molar-refractivity contribution in [3.63, 3.8) is 0 Å². The maximum absolute atomic E-state index is 11.9. The van der Waals surface area contributed by atoms with E-state index >= 15 is 0 Å². The summed E-state index contributed by atoms with van der Waals surface area (Å²) in [6.45, 7) is 2.15. The first-order valence-electron chi connectivity index (χ1n) is 7.61. The average molecular weight is 333 g/mol. The number of hydrogen-bond acceptors (Lipinski definition) is 4. The smallest absolute Gasteiger partial charge is 0.230 e. The Hall–Kier alpha value is -0.750. The number of aryl methyl sites for hydroxylation is 1. The second kappa shape index (κ2) is 10.1. The topological polar surface area (TPSA) is 70.7 Å². The van der Waals surface area contributed by atoms with Crippen LogP contribution in [0.2, 0.25) is 0 Å². The molecule has 1 amide bonds. The van der Waals surface area contributed by atoms with E-state index in [0.717, 1.165) is 37.9 Å². The molecule has 0 aliphatic heterocycles. The third-order valence-corrected chi connectivity index (χ3v) is 4.43. The molecule has 21 heavy (non-hydrogen) atoms. The summed E-state index contributed by atoms with van der Waals surface area (Å²) in [5, 5.41) is 10.8. The number of nitrogens with one attached hydrogen (secondary N) is 2. The molecule has 1 aromatic heterocycles. The van der Waals surface area contributed by atoms with E-state index in [0.29, 0.717) is 17.0 Å². The number of thioether (sulfide) groups is 1. The van der Waals surface area contributed by atoms with Gasteiger partial charge < -0.3 is 5.32 Å². The van der Waals surface area contributed by atoms with Gasteiger partial charge in [-0.05, 0) is 19.3 Å². The summed E-state index contributed by atoms with van der Waals surface area (Å²) < 4.78 is 0. The van der Waals surface area contributed by atoms with E-state index < -0.39 is 0 Å². The van der Waals surface area contributed by atoms with Crippen molar-refractivity contribution in [2.45, 2.75) is 69.5 Å². The van der Waals surface area contributed by atoms with Crippen LogP contribution in [0.15, 0.2) is 5.16 Å². The lowest BCUT2D eigenvalue weighted by molar-refractivity contribution is -0.119. The lowest BCUT2D eigenvalue weighted by atomic mass is 9.95. The van der Waals surface area contributed by atoms with Gasteiger partial charge in [0, 0.05) is 12.5 Å². The molecule has 5 nitrogen and oxygen atoms in total. The maximum atomic E-state index is 11.9. The predicted octanol–water partition coefficient (Wildman–Crippen LogP) is 3.11. The van der Waals surface area contributed by atoms with Crippen molar-refractivity contribution < 1.29 is 4.79 Å². The number of aromatic nitrogens is 3. The fourth-order valence-corrected chi connectivity index (χ4v) is 3.07. The maximum Gasteiger partial charge on any atom is 0.230 e. The Morgan fingerprint density at radius 3 is 2.86 bits per heavy atom. The molecule has 0 bridgehead atoms. The fourth-order valence-electron chi connectivity index (χ4n) is 2.44. The van der Waals surface area contributed by atoms with Crippen LogP contribution in [0.25, 0.3) is 0 Å². The Balaban J connectivity index is 0.00000220. The Morgan fingerprint density at radius 1 is 1.38 bits per heavy atom. The molecule has 0 spiro atoms. The number of halogens is 1. The number of rotatable bonds is 7. The molecule has 1 aromatic rings. The zero-order valence-corrected chi connectivity index (χ0v) is 14.2. The van der Waals surface area contributed by atoms with Crippen LogP contribution in [-0.2, 0) is 11.2 Å². The second-order valence-electron chi connectivity index (χ2n) is 5.36. The van der Waals surface area contributed by atoms with Gasteiger partial charge in [0.15, 0.2) is 0 Å². The highest BCUT2D eigenvalue weighted by molar-refractivity contribution is 7.99. The monoisotopic (exact) mass is 332 g/mol. The quantitative estimate of drug-likeness (QED) is 0.753. The Morgan fingerprint density at radius 2 is 2.14 bits per heavy atom. The lowest BCUT2D eigenvalue weighted by Crippen LogP contribution is -2.37. The van der Waals surface area contributed by atoms with Gasteiger partial charge in [-0.15, -0.1) is 17.5 Å². The number of hydrogen-bond donors (Lipinski definition) is 2. The van der Waals surface area contributed by atoms with Crippen molar-refractivity contribution in [1.29, 1.82) is 0 Å². The highest BCUT2D eigenvalue weighted by Gasteiger charge is 2.16. The summed E-state index contributed by atoms with van der Waals surface area (Å²) in [6.07, 6.45) is 9.21. The highest BCUT2D eigenvalue weighted by Crippen LogP contribution is 2.18. The molecule has 1 saturated carbocycles. The molecule has 120 valence electrons. The van der Waals surface area contributed by atoms with Gasteiger partial charge in [-0.1, -0.05) is 44.4 Å². The van der Waals surface area contributed by atoms with Gasteiger partial charge in [0.2, 0.25) is 11.1 Å². The van der Waals surface area contributed by atoms with E-state index in [2.05, 4.69) is 27.4 Å². The molecule has 1 aliphatic carbocycles. The number of H-pyrrole nitrogens is 1. The average Bonchev–Trinajstić information content (AvgIpc) is 2.92. The molecular formula is C14H25ClN4OS. The SMILES string of the molecule is CCCCc1nc(SCC(=O)NC2CCCCC2)n[nH]1.Cl. The molecule has 0 radical (unpaired) electrons. The van der Waals surface area contributed by atoms with Crippen molar-refractivity contribution in [2.24, 2.45) is 0 Å². The van der Waals surface area contributed by atoms with E-state index in [1.807, 2.05) is 0 Å². The molecule has 0 unspecified atom stereocenters. The van der Waals surface area contributed by atoms with Crippen LogP contribution in [0.1, 0.15) is 57.7 Å². The van der Waals surface area contributed by atoms with Gasteiger partial charge in [-0.25, -0.2) is 4.98 Å². The standard InChI is InChI=1S/C14H24N4OS.ClH/c1-2-3-9-12-16-14(18-17-12)20-10-13(19)15-11-7-5-4-6-8-11;/h11H,2-10H2,1H3,(H,15,19)(H,16,17,18);1H. The van der Waals surface area contributed by atoms with E-state index in [-0.39, 0.29) is 18.3 Å². The Bertz CT molecular complexity index is 421. The molecule has 1 aliphatic rings. The van der Waals surface area contributed by atoms with Crippen molar-refractivity contribution in [1.82, 2.24) is 20.5 Å². The predicted molar refractivity (Wildman–Crippen MR) is 88.0 cm³/mol. The highest BCUT2D eigenvalue weighted by atomic mass is 35.5. The first-order chi connectivity index (χ1) is 9.78. The molecule has 0 atom stereocenters. The molecule has 0 aromatic carbocycles. The van der Waals surface area contributed by atoms with Gasteiger partial charge >= 0.3 is 0 Å². The minimum absolute atomic E-state index is 0. The normalized spacial score (nSPS) is 15.5. The van der Waals surface area contributed by atoms with Crippen molar-refractivity contribution in [2.75, 3.05) is 5.75 Å². The van der Waals surface area contributed by atoms with Gasteiger partial charge in [-0.3, -0.25) is 9.89 Å². The van der Waals surface area contributed by atoms with Crippen LogP contribution < -0.4 is 5.32 Å². The molecule has 0 saturated heterocycles. The Labute approximate surface area is 136 Å². The number of aromatic amines is 1. The van der Waals surface area contributed by atoms with Crippen LogP contribution in [0.3, 0.4) is 0 Å².